The molecular formula is C25H41N. The molecule has 1 heteroatoms. The van der Waals surface area contributed by atoms with Gasteiger partial charge in [0.25, 0.3) is 0 Å². The summed E-state index contributed by atoms with van der Waals surface area (Å²) in [7, 11) is 0. The second kappa shape index (κ2) is 7.21. The summed E-state index contributed by atoms with van der Waals surface area (Å²) in [5.41, 5.74) is 5.33. The first-order chi connectivity index (χ1) is 12.2. The van der Waals surface area contributed by atoms with Gasteiger partial charge in [-0.2, -0.15) is 0 Å². The van der Waals surface area contributed by atoms with Crippen molar-refractivity contribution in [3.63, 3.8) is 0 Å². The van der Waals surface area contributed by atoms with E-state index in [0.717, 1.165) is 5.92 Å². The van der Waals surface area contributed by atoms with Crippen LogP contribution in [0.2, 0.25) is 0 Å². The van der Waals surface area contributed by atoms with Gasteiger partial charge < -0.3 is 4.90 Å². The van der Waals surface area contributed by atoms with E-state index in [4.69, 9.17) is 0 Å². The van der Waals surface area contributed by atoms with Crippen molar-refractivity contribution < 1.29 is 0 Å². The van der Waals surface area contributed by atoms with E-state index >= 15 is 0 Å². The minimum absolute atomic E-state index is 0.237. The predicted octanol–water partition coefficient (Wildman–Crippen LogP) is 7.51. The summed E-state index contributed by atoms with van der Waals surface area (Å²) in [5, 5.41) is 0. The average molecular weight is 356 g/mol. The van der Waals surface area contributed by atoms with Crippen LogP contribution in [-0.2, 0) is 0 Å². The smallest absolute Gasteiger partial charge is 0.0441 e. The minimum atomic E-state index is 0.237. The number of hydrogen-bond acceptors (Lipinski definition) is 1. The maximum atomic E-state index is 2.81. The molecule has 0 bridgehead atoms. The van der Waals surface area contributed by atoms with E-state index < -0.39 is 0 Å². The highest BCUT2D eigenvalue weighted by Crippen LogP contribution is 2.53. The van der Waals surface area contributed by atoms with Gasteiger partial charge in [0.05, 0.1) is 0 Å². The Hall–Kier alpha value is -0.980. The predicted molar refractivity (Wildman–Crippen MR) is 115 cm³/mol. The van der Waals surface area contributed by atoms with Crippen LogP contribution in [0.1, 0.15) is 110 Å². The van der Waals surface area contributed by atoms with E-state index in [2.05, 4.69) is 71.6 Å². The summed E-state index contributed by atoms with van der Waals surface area (Å²) in [4.78, 5) is 2.81. The monoisotopic (exact) mass is 355 g/mol. The molecule has 0 radical (unpaired) electrons. The van der Waals surface area contributed by atoms with Crippen LogP contribution in [0.15, 0.2) is 18.2 Å². The molecule has 1 aliphatic carbocycles. The zero-order valence-electron chi connectivity index (χ0n) is 18.4. The summed E-state index contributed by atoms with van der Waals surface area (Å²) >= 11 is 0. The third kappa shape index (κ3) is 3.56. The molecule has 146 valence electrons. The number of hydrogen-bond donors (Lipinski definition) is 0. The summed E-state index contributed by atoms with van der Waals surface area (Å²) in [6.45, 7) is 18.2. The molecule has 1 heterocycles. The van der Waals surface area contributed by atoms with Crippen LogP contribution in [0.3, 0.4) is 0 Å². The number of anilines is 1. The molecule has 3 rings (SSSR count). The number of benzene rings is 1. The van der Waals surface area contributed by atoms with Crippen LogP contribution in [0.4, 0.5) is 5.69 Å². The third-order valence-electron chi connectivity index (χ3n) is 7.29. The molecule has 0 spiro atoms. The molecule has 26 heavy (non-hydrogen) atoms. The molecule has 1 aromatic carbocycles. The van der Waals surface area contributed by atoms with Gasteiger partial charge in [-0.05, 0) is 67.4 Å². The summed E-state index contributed by atoms with van der Waals surface area (Å²) in [6, 6.07) is 7.02. The topological polar surface area (TPSA) is 3.24 Å². The van der Waals surface area contributed by atoms with Gasteiger partial charge in [0, 0.05) is 17.8 Å². The molecule has 1 saturated heterocycles. The Bertz CT molecular complexity index is 595. The molecule has 1 aliphatic heterocycles. The van der Waals surface area contributed by atoms with Crippen LogP contribution in [0.25, 0.3) is 0 Å². The van der Waals surface area contributed by atoms with E-state index in [0.29, 0.717) is 17.3 Å². The zero-order valence-corrected chi connectivity index (χ0v) is 18.4. The first kappa shape index (κ1) is 19.8. The van der Waals surface area contributed by atoms with Crippen molar-refractivity contribution in [1.29, 1.82) is 0 Å². The number of rotatable bonds is 4. The first-order valence-corrected chi connectivity index (χ1v) is 11.1. The third-order valence-corrected chi connectivity index (χ3v) is 7.29. The lowest BCUT2D eigenvalue weighted by molar-refractivity contribution is 0.151. The van der Waals surface area contributed by atoms with E-state index in [9.17, 15) is 0 Å². The maximum absolute atomic E-state index is 2.81. The highest BCUT2D eigenvalue weighted by Gasteiger charge is 2.50. The highest BCUT2D eigenvalue weighted by molar-refractivity contribution is 5.64. The second-order valence-corrected chi connectivity index (χ2v) is 10.7. The van der Waals surface area contributed by atoms with Gasteiger partial charge in [-0.15, -0.1) is 0 Å². The first-order valence-electron chi connectivity index (χ1n) is 11.1. The van der Waals surface area contributed by atoms with Gasteiger partial charge in [-0.25, -0.2) is 0 Å². The minimum Gasteiger partial charge on any atom is -0.365 e. The molecule has 1 saturated carbocycles. The molecule has 0 amide bonds. The lowest BCUT2D eigenvalue weighted by Gasteiger charge is -2.38. The lowest BCUT2D eigenvalue weighted by Crippen LogP contribution is -2.40. The molecule has 2 fully saturated rings. The Balaban J connectivity index is 2.03. The fourth-order valence-electron chi connectivity index (χ4n) is 5.99. The number of para-hydroxylation sites is 1. The Morgan fingerprint density at radius 2 is 1.42 bits per heavy atom. The fraction of sp³-hybridized carbons (Fsp3) is 0.760. The molecule has 1 aromatic rings. The van der Waals surface area contributed by atoms with Gasteiger partial charge in [0.15, 0.2) is 0 Å². The second-order valence-electron chi connectivity index (χ2n) is 10.7. The molecular weight excluding hydrogens is 314 g/mol. The molecule has 0 N–H and O–H groups in total. The highest BCUT2D eigenvalue weighted by atomic mass is 15.2. The van der Waals surface area contributed by atoms with Gasteiger partial charge in [0.2, 0.25) is 0 Å². The van der Waals surface area contributed by atoms with Crippen molar-refractivity contribution in [1.82, 2.24) is 0 Å². The van der Waals surface area contributed by atoms with E-state index in [1.54, 1.807) is 5.69 Å². The van der Waals surface area contributed by atoms with Crippen LogP contribution in [0, 0.1) is 11.3 Å². The van der Waals surface area contributed by atoms with Crippen LogP contribution >= 0.6 is 0 Å². The Kier molecular flexibility index (Phi) is 5.48. The fourth-order valence-corrected chi connectivity index (χ4v) is 5.99. The maximum Gasteiger partial charge on any atom is 0.0441 e. The molecule has 1 nitrogen and oxygen atoms in total. The lowest BCUT2D eigenvalue weighted by atomic mass is 9.67. The van der Waals surface area contributed by atoms with Gasteiger partial charge in [0.1, 0.15) is 0 Å². The molecule has 0 unspecified atom stereocenters. The zero-order chi connectivity index (χ0) is 19.1. The SMILES string of the molecule is CC(C)c1cccc(C(C)C)c1N1C[C@](C)(C2CCCCC2)CC1(C)C. The van der Waals surface area contributed by atoms with E-state index in [1.165, 1.54) is 56.2 Å². The molecule has 2 aliphatic rings. The van der Waals surface area contributed by atoms with Crippen LogP contribution in [-0.4, -0.2) is 12.1 Å². The number of nitrogens with zero attached hydrogens (tertiary/aromatic N) is 1. The molecule has 0 aromatic heterocycles. The van der Waals surface area contributed by atoms with Crippen molar-refractivity contribution in [3.8, 4) is 0 Å². The van der Waals surface area contributed by atoms with E-state index in [1.807, 2.05) is 0 Å². The van der Waals surface area contributed by atoms with Crippen molar-refractivity contribution in [2.24, 2.45) is 11.3 Å². The average Bonchev–Trinajstić information content (AvgIpc) is 2.85. The summed E-state index contributed by atoms with van der Waals surface area (Å²) < 4.78 is 0. The van der Waals surface area contributed by atoms with Crippen molar-refractivity contribution in [2.45, 2.75) is 104 Å². The van der Waals surface area contributed by atoms with Gasteiger partial charge >= 0.3 is 0 Å². The Morgan fingerprint density at radius 1 is 0.885 bits per heavy atom. The van der Waals surface area contributed by atoms with Crippen LogP contribution < -0.4 is 4.90 Å². The Morgan fingerprint density at radius 3 is 1.92 bits per heavy atom. The van der Waals surface area contributed by atoms with Gasteiger partial charge in [-0.1, -0.05) is 72.1 Å². The standard InChI is InChI=1S/C25H41N/c1-18(2)21-14-11-15-22(19(3)4)23(21)26-17-25(7,16-24(26,5)6)20-12-9-8-10-13-20/h11,14-15,18-20H,8-10,12-13,16-17H2,1-7H3/t25-/m1/s1. The largest absolute Gasteiger partial charge is 0.365 e. The quantitative estimate of drug-likeness (QED) is 0.540. The van der Waals surface area contributed by atoms with Crippen molar-refractivity contribution >= 4 is 5.69 Å². The Labute approximate surface area is 162 Å². The van der Waals surface area contributed by atoms with Crippen LogP contribution in [0.5, 0.6) is 0 Å². The van der Waals surface area contributed by atoms with E-state index in [-0.39, 0.29) is 5.54 Å². The normalized spacial score (nSPS) is 26.9. The van der Waals surface area contributed by atoms with Crippen molar-refractivity contribution in [3.05, 3.63) is 29.3 Å². The summed E-state index contributed by atoms with van der Waals surface area (Å²) in [5.74, 6) is 2.05. The molecule has 1 atom stereocenters. The summed E-state index contributed by atoms with van der Waals surface area (Å²) in [6.07, 6.45) is 8.57. The van der Waals surface area contributed by atoms with Crippen molar-refractivity contribution in [2.75, 3.05) is 11.4 Å². The van der Waals surface area contributed by atoms with Gasteiger partial charge in [-0.3, -0.25) is 0 Å².